The van der Waals surface area contributed by atoms with Gasteiger partial charge in [0.25, 0.3) is 5.56 Å². The van der Waals surface area contributed by atoms with Crippen LogP contribution in [0.15, 0.2) is 15.4 Å². The van der Waals surface area contributed by atoms with Crippen LogP contribution >= 0.6 is 0 Å². The third-order valence-electron chi connectivity index (χ3n) is 4.12. The Hall–Kier alpha value is -2.48. The molecule has 3 rings (SSSR count). The van der Waals surface area contributed by atoms with Crippen LogP contribution in [0.25, 0.3) is 0 Å². The van der Waals surface area contributed by atoms with Crippen molar-refractivity contribution >= 4 is 5.91 Å². The molecule has 0 unspecified atom stereocenters. The smallest absolute Gasteiger partial charge is 0.251 e. The van der Waals surface area contributed by atoms with E-state index in [1.807, 2.05) is 6.92 Å². The Balaban J connectivity index is 1.73. The van der Waals surface area contributed by atoms with E-state index in [4.69, 9.17) is 9.26 Å². The first kappa shape index (κ1) is 16.4. The number of amides is 1. The van der Waals surface area contributed by atoms with E-state index in [9.17, 15) is 9.59 Å². The number of carbonyl (C=O) groups excluding carboxylic acids is 1. The number of nitrogens with one attached hydrogen (secondary N) is 1. The molecule has 0 spiro atoms. The fourth-order valence-corrected chi connectivity index (χ4v) is 2.81. The number of morpholine rings is 1. The summed E-state index contributed by atoms with van der Waals surface area (Å²) in [6.07, 6.45) is -0.189. The number of ether oxygens (including phenoxy) is 1. The molecule has 8 nitrogen and oxygen atoms in total. The number of rotatable bonds is 3. The number of hydrogen-bond donors (Lipinski definition) is 1. The Labute approximate surface area is 138 Å². The fraction of sp³-hybridized carbons (Fsp3) is 0.500. The maximum absolute atomic E-state index is 12.6. The largest absolute Gasteiger partial charge is 0.367 e. The van der Waals surface area contributed by atoms with Crippen molar-refractivity contribution in [2.75, 3.05) is 19.7 Å². The highest BCUT2D eigenvalue weighted by molar-refractivity contribution is 5.79. The van der Waals surface area contributed by atoms with Gasteiger partial charge in [0.1, 0.15) is 17.7 Å². The minimum Gasteiger partial charge on any atom is -0.367 e. The van der Waals surface area contributed by atoms with Crippen molar-refractivity contribution in [3.8, 4) is 0 Å². The van der Waals surface area contributed by atoms with Gasteiger partial charge < -0.3 is 19.1 Å². The zero-order valence-corrected chi connectivity index (χ0v) is 14.0. The minimum absolute atomic E-state index is 0.0206. The number of aromatic amines is 1. The van der Waals surface area contributed by atoms with Gasteiger partial charge in [-0.15, -0.1) is 0 Å². The van der Waals surface area contributed by atoms with E-state index in [1.54, 1.807) is 18.7 Å². The van der Waals surface area contributed by atoms with E-state index in [0.29, 0.717) is 37.0 Å². The zero-order valence-electron chi connectivity index (χ0n) is 14.0. The molecule has 1 aliphatic heterocycles. The first-order valence-corrected chi connectivity index (χ1v) is 7.83. The maximum Gasteiger partial charge on any atom is 0.251 e. The van der Waals surface area contributed by atoms with Crippen LogP contribution in [0.1, 0.15) is 34.6 Å². The zero-order chi connectivity index (χ0) is 17.3. The van der Waals surface area contributed by atoms with Gasteiger partial charge in [0.15, 0.2) is 0 Å². The van der Waals surface area contributed by atoms with Crippen molar-refractivity contribution in [2.24, 2.45) is 0 Å². The van der Waals surface area contributed by atoms with Crippen LogP contribution in [-0.4, -0.2) is 45.6 Å². The van der Waals surface area contributed by atoms with Gasteiger partial charge in [-0.05, 0) is 20.8 Å². The summed E-state index contributed by atoms with van der Waals surface area (Å²) >= 11 is 0. The molecule has 1 saturated heterocycles. The minimum atomic E-state index is -0.431. The Morgan fingerprint density at radius 2 is 2.21 bits per heavy atom. The van der Waals surface area contributed by atoms with Crippen molar-refractivity contribution in [2.45, 2.75) is 33.3 Å². The summed E-state index contributed by atoms with van der Waals surface area (Å²) in [7, 11) is 0. The van der Waals surface area contributed by atoms with Crippen LogP contribution in [0, 0.1) is 20.8 Å². The van der Waals surface area contributed by atoms with E-state index in [-0.39, 0.29) is 17.9 Å². The highest BCUT2D eigenvalue weighted by Gasteiger charge is 2.28. The number of carbonyl (C=O) groups is 1. The standard InChI is InChI=1S/C16H20N4O4/c1-9-6-14(21)18-16(17-9)13-8-20(4-5-23-13)15(22)7-12-10(2)19-24-11(12)3/h6,13H,4-5,7-8H2,1-3H3,(H,17,18,21)/t13-/m0/s1. The molecule has 0 aliphatic carbocycles. The van der Waals surface area contributed by atoms with Gasteiger partial charge in [0.05, 0.1) is 25.3 Å². The molecule has 1 amide bonds. The summed E-state index contributed by atoms with van der Waals surface area (Å²) in [5, 5.41) is 3.88. The van der Waals surface area contributed by atoms with Crippen molar-refractivity contribution in [3.63, 3.8) is 0 Å². The predicted octanol–water partition coefficient (Wildman–Crippen LogP) is 0.826. The normalized spacial score (nSPS) is 18.0. The van der Waals surface area contributed by atoms with E-state index in [1.165, 1.54) is 6.07 Å². The van der Waals surface area contributed by atoms with Crippen LogP contribution < -0.4 is 5.56 Å². The topological polar surface area (TPSA) is 101 Å². The van der Waals surface area contributed by atoms with Crippen molar-refractivity contribution in [1.29, 1.82) is 0 Å². The molecule has 1 N–H and O–H groups in total. The summed E-state index contributed by atoms with van der Waals surface area (Å²) in [6, 6.07) is 1.42. The predicted molar refractivity (Wildman–Crippen MR) is 84.5 cm³/mol. The van der Waals surface area contributed by atoms with Crippen molar-refractivity contribution in [3.05, 3.63) is 45.0 Å². The van der Waals surface area contributed by atoms with Gasteiger partial charge in [-0.1, -0.05) is 5.16 Å². The number of hydrogen-bond acceptors (Lipinski definition) is 6. The molecule has 1 atom stereocenters. The molecule has 1 aliphatic rings. The molecular weight excluding hydrogens is 312 g/mol. The second-order valence-electron chi connectivity index (χ2n) is 5.95. The van der Waals surface area contributed by atoms with Crippen LogP contribution in [0.5, 0.6) is 0 Å². The van der Waals surface area contributed by atoms with E-state index < -0.39 is 6.10 Å². The lowest BCUT2D eigenvalue weighted by Gasteiger charge is -2.32. The molecule has 3 heterocycles. The summed E-state index contributed by atoms with van der Waals surface area (Å²) < 4.78 is 10.8. The van der Waals surface area contributed by atoms with Crippen LogP contribution in [0.4, 0.5) is 0 Å². The third-order valence-corrected chi connectivity index (χ3v) is 4.12. The van der Waals surface area contributed by atoms with Crippen molar-refractivity contribution in [1.82, 2.24) is 20.0 Å². The Kier molecular flexibility index (Phi) is 4.48. The first-order chi connectivity index (χ1) is 11.4. The van der Waals surface area contributed by atoms with E-state index >= 15 is 0 Å². The molecular formula is C16H20N4O4. The average Bonchev–Trinajstić information content (AvgIpc) is 2.86. The number of aromatic nitrogens is 3. The molecule has 8 heteroatoms. The quantitative estimate of drug-likeness (QED) is 0.893. The molecule has 2 aromatic heterocycles. The molecule has 0 radical (unpaired) electrons. The molecule has 0 aromatic carbocycles. The van der Waals surface area contributed by atoms with E-state index in [2.05, 4.69) is 15.1 Å². The molecule has 2 aromatic rings. The van der Waals surface area contributed by atoms with Gasteiger partial charge in [-0.25, -0.2) is 4.98 Å². The summed E-state index contributed by atoms with van der Waals surface area (Å²) in [5.41, 5.74) is 1.96. The molecule has 24 heavy (non-hydrogen) atoms. The second kappa shape index (κ2) is 6.56. The van der Waals surface area contributed by atoms with Gasteiger partial charge in [0, 0.05) is 23.9 Å². The van der Waals surface area contributed by atoms with E-state index in [0.717, 1.165) is 11.3 Å². The monoisotopic (exact) mass is 332 g/mol. The molecule has 1 fully saturated rings. The molecule has 0 bridgehead atoms. The highest BCUT2D eigenvalue weighted by Crippen LogP contribution is 2.20. The van der Waals surface area contributed by atoms with Crippen LogP contribution in [0.3, 0.4) is 0 Å². The van der Waals surface area contributed by atoms with Gasteiger partial charge >= 0.3 is 0 Å². The first-order valence-electron chi connectivity index (χ1n) is 7.83. The van der Waals surface area contributed by atoms with Crippen molar-refractivity contribution < 1.29 is 14.1 Å². The van der Waals surface area contributed by atoms with Crippen LogP contribution in [0.2, 0.25) is 0 Å². The lowest BCUT2D eigenvalue weighted by Crippen LogP contribution is -2.43. The SMILES string of the molecule is Cc1cc(=O)[nH]c([C@@H]2CN(C(=O)Cc3c(C)noc3C)CCO2)n1. The average molecular weight is 332 g/mol. The summed E-state index contributed by atoms with van der Waals surface area (Å²) in [4.78, 5) is 32.9. The van der Waals surface area contributed by atoms with Gasteiger partial charge in [-0.2, -0.15) is 0 Å². The Morgan fingerprint density at radius 3 is 2.88 bits per heavy atom. The Bertz CT molecular complexity index is 791. The third kappa shape index (κ3) is 3.38. The van der Waals surface area contributed by atoms with Crippen LogP contribution in [-0.2, 0) is 16.0 Å². The lowest BCUT2D eigenvalue weighted by molar-refractivity contribution is -0.138. The summed E-state index contributed by atoms with van der Waals surface area (Å²) in [5.74, 6) is 1.10. The van der Waals surface area contributed by atoms with Gasteiger partial charge in [-0.3, -0.25) is 9.59 Å². The molecule has 0 saturated carbocycles. The number of nitrogens with zero attached hydrogens (tertiary/aromatic N) is 3. The lowest BCUT2D eigenvalue weighted by atomic mass is 10.1. The maximum atomic E-state index is 12.6. The summed E-state index contributed by atoms with van der Waals surface area (Å²) in [6.45, 7) is 6.63. The number of aryl methyl sites for hydroxylation is 3. The van der Waals surface area contributed by atoms with Gasteiger partial charge in [0.2, 0.25) is 5.91 Å². The Morgan fingerprint density at radius 1 is 1.42 bits per heavy atom. The number of H-pyrrole nitrogens is 1. The highest BCUT2D eigenvalue weighted by atomic mass is 16.5. The fourth-order valence-electron chi connectivity index (χ4n) is 2.81. The molecule has 128 valence electrons. The second-order valence-corrected chi connectivity index (χ2v) is 5.95.